The lowest BCUT2D eigenvalue weighted by Gasteiger charge is -2.11. The fourth-order valence-electron chi connectivity index (χ4n) is 2.55. The van der Waals surface area contributed by atoms with Crippen LogP contribution in [0.25, 0.3) is 5.65 Å². The van der Waals surface area contributed by atoms with Gasteiger partial charge in [0.15, 0.2) is 5.65 Å². The zero-order valence-electron chi connectivity index (χ0n) is 13.1. The molecule has 0 aliphatic heterocycles. The Bertz CT molecular complexity index is 881. The second kappa shape index (κ2) is 5.60. The SMILES string of the molecule is CNc1cc(Nc2cc(C)cc(C)c2)nc2c(C(=O)O)cnn12. The number of carboxylic acid groups (broad SMARTS) is 1. The Labute approximate surface area is 133 Å². The molecule has 0 fully saturated rings. The van der Waals surface area contributed by atoms with E-state index in [9.17, 15) is 9.90 Å². The molecule has 1 aromatic carbocycles. The Balaban J connectivity index is 2.10. The van der Waals surface area contributed by atoms with Crippen LogP contribution in [-0.4, -0.2) is 32.7 Å². The third-order valence-electron chi connectivity index (χ3n) is 3.45. The van der Waals surface area contributed by atoms with Crippen LogP contribution in [0.3, 0.4) is 0 Å². The maximum absolute atomic E-state index is 11.3. The Morgan fingerprint density at radius 2 is 1.87 bits per heavy atom. The minimum absolute atomic E-state index is 0.0607. The van der Waals surface area contributed by atoms with Crippen LogP contribution in [0.1, 0.15) is 21.5 Å². The number of anilines is 3. The van der Waals surface area contributed by atoms with Crippen molar-refractivity contribution >= 4 is 28.9 Å². The van der Waals surface area contributed by atoms with Gasteiger partial charge in [-0.3, -0.25) is 0 Å². The van der Waals surface area contributed by atoms with E-state index in [-0.39, 0.29) is 11.2 Å². The van der Waals surface area contributed by atoms with Crippen LogP contribution in [0.4, 0.5) is 17.3 Å². The van der Waals surface area contributed by atoms with Gasteiger partial charge in [-0.05, 0) is 37.1 Å². The van der Waals surface area contributed by atoms with Crippen LogP contribution in [-0.2, 0) is 0 Å². The molecular weight excluding hydrogens is 294 g/mol. The fourth-order valence-corrected chi connectivity index (χ4v) is 2.55. The molecule has 0 aliphatic rings. The molecule has 0 amide bonds. The van der Waals surface area contributed by atoms with Gasteiger partial charge >= 0.3 is 5.97 Å². The molecule has 2 aromatic heterocycles. The van der Waals surface area contributed by atoms with Crippen LogP contribution >= 0.6 is 0 Å². The number of fused-ring (bicyclic) bond motifs is 1. The summed E-state index contributed by atoms with van der Waals surface area (Å²) in [6.45, 7) is 4.04. The van der Waals surface area contributed by atoms with Crippen LogP contribution in [0, 0.1) is 13.8 Å². The van der Waals surface area contributed by atoms with Gasteiger partial charge < -0.3 is 15.7 Å². The topological polar surface area (TPSA) is 91.5 Å². The lowest BCUT2D eigenvalue weighted by Crippen LogP contribution is -2.05. The maximum Gasteiger partial charge on any atom is 0.341 e. The first-order valence-corrected chi connectivity index (χ1v) is 7.13. The molecule has 3 aromatic rings. The van der Waals surface area contributed by atoms with Crippen LogP contribution in [0.15, 0.2) is 30.5 Å². The third-order valence-corrected chi connectivity index (χ3v) is 3.45. The summed E-state index contributed by atoms with van der Waals surface area (Å²) in [5.74, 6) is 0.141. The molecule has 2 heterocycles. The molecule has 0 atom stereocenters. The first-order chi connectivity index (χ1) is 11.0. The standard InChI is InChI=1S/C16H17N5O2/c1-9-4-10(2)6-11(5-9)19-13-7-14(17-3)21-15(20-13)12(8-18-21)16(22)23/h4-8,17H,1-3H3,(H,19,20)(H,22,23). The summed E-state index contributed by atoms with van der Waals surface area (Å²) in [5, 5.41) is 19.5. The number of aromatic carboxylic acids is 1. The van der Waals surface area contributed by atoms with Crippen molar-refractivity contribution in [1.82, 2.24) is 14.6 Å². The van der Waals surface area contributed by atoms with Gasteiger partial charge in [-0.2, -0.15) is 9.61 Å². The monoisotopic (exact) mass is 311 g/mol. The highest BCUT2D eigenvalue weighted by Crippen LogP contribution is 2.23. The fraction of sp³-hybridized carbons (Fsp3) is 0.188. The molecule has 23 heavy (non-hydrogen) atoms. The highest BCUT2D eigenvalue weighted by Gasteiger charge is 2.16. The molecule has 0 unspecified atom stereocenters. The number of hydrogen-bond donors (Lipinski definition) is 3. The molecule has 0 saturated carbocycles. The summed E-state index contributed by atoms with van der Waals surface area (Å²) < 4.78 is 1.47. The lowest BCUT2D eigenvalue weighted by atomic mass is 10.1. The number of nitrogens with one attached hydrogen (secondary N) is 2. The molecule has 0 saturated heterocycles. The quantitative estimate of drug-likeness (QED) is 0.686. The van der Waals surface area contributed by atoms with Gasteiger partial charge in [0.25, 0.3) is 0 Å². The van der Waals surface area contributed by atoms with Gasteiger partial charge in [0.05, 0.1) is 6.20 Å². The highest BCUT2D eigenvalue weighted by atomic mass is 16.4. The second-order valence-corrected chi connectivity index (χ2v) is 5.38. The van der Waals surface area contributed by atoms with E-state index < -0.39 is 5.97 Å². The van der Waals surface area contributed by atoms with Crippen molar-refractivity contribution < 1.29 is 9.90 Å². The van der Waals surface area contributed by atoms with Crippen molar-refractivity contribution in [3.63, 3.8) is 0 Å². The van der Waals surface area contributed by atoms with E-state index in [1.165, 1.54) is 10.7 Å². The Morgan fingerprint density at radius 3 is 2.48 bits per heavy atom. The molecule has 0 aliphatic carbocycles. The molecule has 0 radical (unpaired) electrons. The van der Waals surface area contributed by atoms with Crippen LogP contribution in [0.2, 0.25) is 0 Å². The summed E-state index contributed by atoms with van der Waals surface area (Å²) in [4.78, 5) is 15.7. The van der Waals surface area contributed by atoms with Crippen LogP contribution in [0.5, 0.6) is 0 Å². The molecule has 118 valence electrons. The lowest BCUT2D eigenvalue weighted by molar-refractivity contribution is 0.0699. The van der Waals surface area contributed by atoms with E-state index in [0.717, 1.165) is 16.8 Å². The number of hydrogen-bond acceptors (Lipinski definition) is 5. The molecule has 0 spiro atoms. The second-order valence-electron chi connectivity index (χ2n) is 5.38. The van der Waals surface area contributed by atoms with Crippen molar-refractivity contribution in [2.24, 2.45) is 0 Å². The minimum atomic E-state index is -1.06. The Hall–Kier alpha value is -3.09. The average molecular weight is 311 g/mol. The predicted octanol–water partition coefficient (Wildman–Crippen LogP) is 2.83. The first kappa shape index (κ1) is 14.8. The largest absolute Gasteiger partial charge is 0.477 e. The highest BCUT2D eigenvalue weighted by molar-refractivity contribution is 5.94. The third kappa shape index (κ3) is 2.80. The number of nitrogens with zero attached hydrogens (tertiary/aromatic N) is 3. The molecule has 3 N–H and O–H groups in total. The number of aromatic nitrogens is 3. The minimum Gasteiger partial charge on any atom is -0.477 e. The summed E-state index contributed by atoms with van der Waals surface area (Å²) >= 11 is 0. The number of benzene rings is 1. The van der Waals surface area contributed by atoms with Gasteiger partial charge in [0.1, 0.15) is 17.2 Å². The number of carboxylic acids is 1. The zero-order valence-corrected chi connectivity index (χ0v) is 13.1. The van der Waals surface area contributed by atoms with Gasteiger partial charge in [-0.1, -0.05) is 6.07 Å². The van der Waals surface area contributed by atoms with E-state index in [1.807, 2.05) is 26.0 Å². The molecule has 3 rings (SSSR count). The molecule has 7 nitrogen and oxygen atoms in total. The van der Waals surface area contributed by atoms with Crippen molar-refractivity contribution in [1.29, 1.82) is 0 Å². The average Bonchev–Trinajstić information content (AvgIpc) is 2.89. The van der Waals surface area contributed by atoms with E-state index in [4.69, 9.17) is 0 Å². The predicted molar refractivity (Wildman–Crippen MR) is 88.7 cm³/mol. The normalized spacial score (nSPS) is 10.7. The summed E-state index contributed by atoms with van der Waals surface area (Å²) in [6.07, 6.45) is 1.30. The molecule has 7 heteroatoms. The van der Waals surface area contributed by atoms with Gasteiger partial charge in [0, 0.05) is 18.8 Å². The van der Waals surface area contributed by atoms with Crippen molar-refractivity contribution in [3.05, 3.63) is 47.2 Å². The smallest absolute Gasteiger partial charge is 0.341 e. The Morgan fingerprint density at radius 1 is 1.17 bits per heavy atom. The summed E-state index contributed by atoms with van der Waals surface area (Å²) in [7, 11) is 1.75. The van der Waals surface area contributed by atoms with Crippen molar-refractivity contribution in [3.8, 4) is 0 Å². The van der Waals surface area contributed by atoms with Crippen LogP contribution < -0.4 is 10.6 Å². The number of carbonyl (C=O) groups is 1. The van der Waals surface area contributed by atoms with E-state index in [2.05, 4.69) is 26.8 Å². The van der Waals surface area contributed by atoms with E-state index >= 15 is 0 Å². The van der Waals surface area contributed by atoms with Crippen molar-refractivity contribution in [2.75, 3.05) is 17.7 Å². The molecular formula is C16H17N5O2. The number of rotatable bonds is 4. The summed E-state index contributed by atoms with van der Waals surface area (Å²) in [6, 6.07) is 7.88. The van der Waals surface area contributed by atoms with E-state index in [0.29, 0.717) is 11.6 Å². The molecule has 0 bridgehead atoms. The zero-order chi connectivity index (χ0) is 16.6. The van der Waals surface area contributed by atoms with Gasteiger partial charge in [0.2, 0.25) is 0 Å². The van der Waals surface area contributed by atoms with Gasteiger partial charge in [-0.15, -0.1) is 0 Å². The summed E-state index contributed by atoms with van der Waals surface area (Å²) in [5.41, 5.74) is 3.52. The van der Waals surface area contributed by atoms with Crippen molar-refractivity contribution in [2.45, 2.75) is 13.8 Å². The maximum atomic E-state index is 11.3. The van der Waals surface area contributed by atoms with Gasteiger partial charge in [-0.25, -0.2) is 9.78 Å². The van der Waals surface area contributed by atoms with E-state index in [1.54, 1.807) is 13.1 Å². The first-order valence-electron chi connectivity index (χ1n) is 7.13. The Kier molecular flexibility index (Phi) is 3.61. The number of aryl methyl sites for hydroxylation is 2.